The molecule has 0 spiro atoms. The van der Waals surface area contributed by atoms with Gasteiger partial charge in [0.1, 0.15) is 0 Å². The molecule has 0 aliphatic heterocycles. The average molecular weight is 293 g/mol. The van der Waals surface area contributed by atoms with Crippen LogP contribution < -0.4 is 16.0 Å². The Hall–Kier alpha value is -1.59. The summed E-state index contributed by atoms with van der Waals surface area (Å²) in [5.41, 5.74) is 7.45. The van der Waals surface area contributed by atoms with Gasteiger partial charge in [0.2, 0.25) is 5.91 Å². The van der Waals surface area contributed by atoms with E-state index >= 15 is 0 Å². The lowest BCUT2D eigenvalue weighted by Crippen LogP contribution is -2.30. The van der Waals surface area contributed by atoms with Crippen LogP contribution in [-0.2, 0) is 9.53 Å². The zero-order chi connectivity index (χ0) is 15.8. The molecule has 5 heteroatoms. The monoisotopic (exact) mass is 293 g/mol. The van der Waals surface area contributed by atoms with Gasteiger partial charge in [-0.3, -0.25) is 4.79 Å². The van der Waals surface area contributed by atoms with Crippen LogP contribution in [0.2, 0.25) is 0 Å². The van der Waals surface area contributed by atoms with Crippen LogP contribution in [0.5, 0.6) is 0 Å². The number of ether oxygens (including phenoxy) is 1. The van der Waals surface area contributed by atoms with Gasteiger partial charge < -0.3 is 20.7 Å². The SMILES string of the molecule is CCN(c1ccc(NC(=O)CC(CN)OC)cc1)C(C)C. The number of nitrogens with two attached hydrogens (primary N) is 1. The minimum absolute atomic E-state index is 0.0868. The van der Waals surface area contributed by atoms with E-state index in [4.69, 9.17) is 10.5 Å². The molecule has 1 aromatic rings. The Labute approximate surface area is 127 Å². The van der Waals surface area contributed by atoms with Gasteiger partial charge in [-0.1, -0.05) is 0 Å². The van der Waals surface area contributed by atoms with E-state index in [1.54, 1.807) is 7.11 Å². The van der Waals surface area contributed by atoms with E-state index in [0.29, 0.717) is 12.6 Å². The van der Waals surface area contributed by atoms with Crippen LogP contribution in [0.4, 0.5) is 11.4 Å². The van der Waals surface area contributed by atoms with E-state index in [-0.39, 0.29) is 18.4 Å². The lowest BCUT2D eigenvalue weighted by atomic mass is 10.2. The third-order valence-corrected chi connectivity index (χ3v) is 3.46. The summed E-state index contributed by atoms with van der Waals surface area (Å²) in [6.07, 6.45) is 0.0303. The van der Waals surface area contributed by atoms with Crippen molar-refractivity contribution in [2.24, 2.45) is 5.73 Å². The maximum Gasteiger partial charge on any atom is 0.227 e. The van der Waals surface area contributed by atoms with Gasteiger partial charge in [-0.25, -0.2) is 0 Å². The lowest BCUT2D eigenvalue weighted by Gasteiger charge is -2.27. The molecule has 1 rings (SSSR count). The molecule has 0 heterocycles. The summed E-state index contributed by atoms with van der Waals surface area (Å²) in [7, 11) is 1.56. The quantitative estimate of drug-likeness (QED) is 0.771. The van der Waals surface area contributed by atoms with Crippen molar-refractivity contribution in [2.45, 2.75) is 39.3 Å². The molecule has 21 heavy (non-hydrogen) atoms. The van der Waals surface area contributed by atoms with Crippen LogP contribution in [-0.4, -0.2) is 38.3 Å². The number of rotatable bonds is 8. The van der Waals surface area contributed by atoms with Gasteiger partial charge in [-0.15, -0.1) is 0 Å². The Morgan fingerprint density at radius 3 is 2.38 bits per heavy atom. The maximum atomic E-state index is 11.9. The predicted molar refractivity (Wildman–Crippen MR) is 87.7 cm³/mol. The molecule has 3 N–H and O–H groups in total. The second kappa shape index (κ2) is 8.64. The summed E-state index contributed by atoms with van der Waals surface area (Å²) in [6, 6.07) is 8.33. The second-order valence-electron chi connectivity index (χ2n) is 5.27. The molecular formula is C16H27N3O2. The zero-order valence-corrected chi connectivity index (χ0v) is 13.4. The maximum absolute atomic E-state index is 11.9. The predicted octanol–water partition coefficient (Wildman–Crippen LogP) is 2.22. The molecule has 1 unspecified atom stereocenters. The van der Waals surface area contributed by atoms with E-state index in [1.165, 1.54) is 0 Å². The molecule has 1 aromatic carbocycles. The molecule has 0 bridgehead atoms. The fourth-order valence-corrected chi connectivity index (χ4v) is 2.26. The van der Waals surface area contributed by atoms with E-state index < -0.39 is 0 Å². The van der Waals surface area contributed by atoms with Crippen molar-refractivity contribution < 1.29 is 9.53 Å². The number of anilines is 2. The number of carbonyl (C=O) groups is 1. The van der Waals surface area contributed by atoms with E-state index in [2.05, 4.69) is 31.0 Å². The highest BCUT2D eigenvalue weighted by Crippen LogP contribution is 2.20. The highest BCUT2D eigenvalue weighted by molar-refractivity contribution is 5.91. The number of hydrogen-bond donors (Lipinski definition) is 2. The molecule has 0 fully saturated rings. The standard InChI is InChI=1S/C16H27N3O2/c1-5-19(12(2)3)14-8-6-13(7-9-14)18-16(20)10-15(11-17)21-4/h6-9,12,15H,5,10-11,17H2,1-4H3,(H,18,20). The first-order valence-corrected chi connectivity index (χ1v) is 7.41. The van der Waals surface area contributed by atoms with E-state index in [9.17, 15) is 4.79 Å². The molecule has 0 aromatic heterocycles. The smallest absolute Gasteiger partial charge is 0.227 e. The summed E-state index contributed by atoms with van der Waals surface area (Å²) in [4.78, 5) is 14.2. The molecule has 0 radical (unpaired) electrons. The second-order valence-corrected chi connectivity index (χ2v) is 5.27. The zero-order valence-electron chi connectivity index (χ0n) is 13.4. The van der Waals surface area contributed by atoms with Gasteiger partial charge in [-0.05, 0) is 45.0 Å². The van der Waals surface area contributed by atoms with Crippen molar-refractivity contribution in [3.8, 4) is 0 Å². The molecule has 0 aliphatic carbocycles. The van der Waals surface area contributed by atoms with Crippen molar-refractivity contribution in [1.29, 1.82) is 0 Å². The first-order valence-electron chi connectivity index (χ1n) is 7.41. The third-order valence-electron chi connectivity index (χ3n) is 3.46. The van der Waals surface area contributed by atoms with Gasteiger partial charge in [0.15, 0.2) is 0 Å². The number of nitrogens with zero attached hydrogens (tertiary/aromatic N) is 1. The number of benzene rings is 1. The lowest BCUT2D eigenvalue weighted by molar-refractivity contribution is -0.118. The molecule has 0 aliphatic rings. The van der Waals surface area contributed by atoms with Crippen LogP contribution in [0.1, 0.15) is 27.2 Å². The van der Waals surface area contributed by atoms with Crippen molar-refractivity contribution in [1.82, 2.24) is 0 Å². The minimum atomic E-state index is -0.235. The van der Waals surface area contributed by atoms with E-state index in [1.807, 2.05) is 24.3 Å². The van der Waals surface area contributed by atoms with Gasteiger partial charge in [0.05, 0.1) is 12.5 Å². The average Bonchev–Trinajstić information content (AvgIpc) is 2.47. The van der Waals surface area contributed by atoms with Crippen LogP contribution in [0.25, 0.3) is 0 Å². The largest absolute Gasteiger partial charge is 0.380 e. The Morgan fingerprint density at radius 1 is 1.33 bits per heavy atom. The van der Waals surface area contributed by atoms with Crippen LogP contribution in [0.3, 0.4) is 0 Å². The summed E-state index contributed by atoms with van der Waals surface area (Å²) in [5, 5.41) is 2.86. The Bertz CT molecular complexity index is 428. The molecule has 0 saturated carbocycles. The van der Waals surface area contributed by atoms with Crippen LogP contribution >= 0.6 is 0 Å². The highest BCUT2D eigenvalue weighted by Gasteiger charge is 2.12. The van der Waals surface area contributed by atoms with Gasteiger partial charge >= 0.3 is 0 Å². The number of carbonyl (C=O) groups excluding carboxylic acids is 1. The van der Waals surface area contributed by atoms with Crippen LogP contribution in [0, 0.1) is 0 Å². The topological polar surface area (TPSA) is 67.6 Å². The van der Waals surface area contributed by atoms with Crippen LogP contribution in [0.15, 0.2) is 24.3 Å². The minimum Gasteiger partial charge on any atom is -0.380 e. The fourth-order valence-electron chi connectivity index (χ4n) is 2.26. The molecule has 118 valence electrons. The fraction of sp³-hybridized carbons (Fsp3) is 0.562. The normalized spacial score (nSPS) is 12.3. The first-order chi connectivity index (χ1) is 10.0. The number of amides is 1. The molecule has 1 amide bonds. The number of nitrogens with one attached hydrogen (secondary N) is 1. The third kappa shape index (κ3) is 5.36. The Kier molecular flexibility index (Phi) is 7.19. The van der Waals surface area contributed by atoms with Gasteiger partial charge in [0.25, 0.3) is 0 Å². The molecule has 0 saturated heterocycles. The molecule has 5 nitrogen and oxygen atoms in total. The number of methoxy groups -OCH3 is 1. The van der Waals surface area contributed by atoms with Crippen molar-refractivity contribution >= 4 is 17.3 Å². The summed E-state index contributed by atoms with van der Waals surface area (Å²) in [6.45, 7) is 7.75. The summed E-state index contributed by atoms with van der Waals surface area (Å²) >= 11 is 0. The molecule has 1 atom stereocenters. The summed E-state index contributed by atoms with van der Waals surface area (Å²) in [5.74, 6) is -0.0868. The van der Waals surface area contributed by atoms with E-state index in [0.717, 1.165) is 17.9 Å². The van der Waals surface area contributed by atoms with Gasteiger partial charge in [0, 0.05) is 37.6 Å². The number of hydrogen-bond acceptors (Lipinski definition) is 4. The van der Waals surface area contributed by atoms with Crippen molar-refractivity contribution in [3.63, 3.8) is 0 Å². The van der Waals surface area contributed by atoms with Crippen molar-refractivity contribution in [3.05, 3.63) is 24.3 Å². The Morgan fingerprint density at radius 2 is 1.95 bits per heavy atom. The first kappa shape index (κ1) is 17.5. The van der Waals surface area contributed by atoms with Gasteiger partial charge in [-0.2, -0.15) is 0 Å². The highest BCUT2D eigenvalue weighted by atomic mass is 16.5. The molecular weight excluding hydrogens is 266 g/mol. The Balaban J connectivity index is 2.64. The van der Waals surface area contributed by atoms with Crippen molar-refractivity contribution in [2.75, 3.05) is 30.4 Å². The summed E-state index contributed by atoms with van der Waals surface area (Å²) < 4.78 is 5.11.